The van der Waals surface area contributed by atoms with Crippen LogP contribution < -0.4 is 14.2 Å². The van der Waals surface area contributed by atoms with Crippen LogP contribution in [0.5, 0.6) is 11.5 Å². The fourth-order valence-corrected chi connectivity index (χ4v) is 7.71. The van der Waals surface area contributed by atoms with Crippen molar-refractivity contribution in [2.45, 2.75) is 53.0 Å². The zero-order valence-corrected chi connectivity index (χ0v) is 18.5. The number of fused-ring (bicyclic) bond motifs is 3. The molecule has 0 saturated heterocycles. The molecule has 1 aromatic rings. The van der Waals surface area contributed by atoms with E-state index in [0.717, 1.165) is 12.0 Å². The predicted octanol–water partition coefficient (Wildman–Crippen LogP) is 3.47. The zero-order valence-electron chi connectivity index (χ0n) is 17.7. The zero-order chi connectivity index (χ0) is 21.0. The van der Waals surface area contributed by atoms with E-state index in [9.17, 15) is 13.2 Å². The summed E-state index contributed by atoms with van der Waals surface area (Å²) in [5.41, 5.74) is -0.201. The molecule has 0 radical (unpaired) electrons. The molecule has 6 nitrogen and oxygen atoms in total. The van der Waals surface area contributed by atoms with E-state index < -0.39 is 21.5 Å². The van der Waals surface area contributed by atoms with Crippen molar-refractivity contribution in [2.75, 3.05) is 19.0 Å². The Balaban J connectivity index is 1.59. The molecule has 2 bridgehead atoms. The molecule has 0 aromatic heterocycles. The van der Waals surface area contributed by atoms with Crippen LogP contribution in [0.25, 0.3) is 0 Å². The first-order valence-electron chi connectivity index (χ1n) is 10.5. The molecular formula is C22H31NO5S. The van der Waals surface area contributed by atoms with Crippen molar-refractivity contribution >= 4 is 15.8 Å². The molecule has 3 aliphatic rings. The van der Waals surface area contributed by atoms with Gasteiger partial charge in [0.25, 0.3) is 0 Å². The van der Waals surface area contributed by atoms with Crippen LogP contribution in [-0.2, 0) is 14.8 Å². The van der Waals surface area contributed by atoms with E-state index in [1.807, 2.05) is 32.0 Å². The van der Waals surface area contributed by atoms with Gasteiger partial charge >= 0.3 is 0 Å². The van der Waals surface area contributed by atoms with Gasteiger partial charge < -0.3 is 9.47 Å². The van der Waals surface area contributed by atoms with E-state index in [0.29, 0.717) is 43.5 Å². The fraction of sp³-hybridized carbons (Fsp3) is 0.682. The predicted molar refractivity (Wildman–Crippen MR) is 110 cm³/mol. The van der Waals surface area contributed by atoms with Crippen LogP contribution in [0.4, 0.5) is 0 Å². The Labute approximate surface area is 173 Å². The first-order chi connectivity index (χ1) is 13.6. The average molecular weight is 422 g/mol. The molecule has 29 heavy (non-hydrogen) atoms. The van der Waals surface area contributed by atoms with Crippen LogP contribution in [-0.4, -0.2) is 33.2 Å². The molecule has 2 aliphatic carbocycles. The van der Waals surface area contributed by atoms with E-state index in [1.54, 1.807) is 0 Å². The first kappa shape index (κ1) is 20.7. The number of ketones is 1. The van der Waals surface area contributed by atoms with Crippen LogP contribution in [0.1, 0.15) is 58.6 Å². The number of nitrogens with one attached hydrogen (secondary N) is 1. The highest BCUT2D eigenvalue weighted by Gasteiger charge is 2.65. The summed E-state index contributed by atoms with van der Waals surface area (Å²) in [6.07, 6.45) is 2.11. The SMILES string of the molecule is CC(C)[C@@H](NS(=O)(=O)C[C@@]12CC[C@@H](CC1=O)C2(C)C)c1ccc2c(c1)OCCO2. The molecule has 0 spiro atoms. The van der Waals surface area contributed by atoms with E-state index in [1.165, 1.54) is 0 Å². The van der Waals surface area contributed by atoms with Crippen molar-refractivity contribution in [3.05, 3.63) is 23.8 Å². The number of benzene rings is 1. The van der Waals surface area contributed by atoms with Crippen molar-refractivity contribution in [3.63, 3.8) is 0 Å². The van der Waals surface area contributed by atoms with Crippen LogP contribution in [0.2, 0.25) is 0 Å². The molecule has 7 heteroatoms. The highest BCUT2D eigenvalue weighted by molar-refractivity contribution is 7.89. The normalized spacial score (nSPS) is 28.7. The molecule has 2 fully saturated rings. The van der Waals surface area contributed by atoms with Crippen molar-refractivity contribution in [3.8, 4) is 11.5 Å². The van der Waals surface area contributed by atoms with E-state index in [4.69, 9.17) is 9.47 Å². The number of sulfonamides is 1. The third kappa shape index (κ3) is 3.36. The molecule has 1 N–H and O–H groups in total. The summed E-state index contributed by atoms with van der Waals surface area (Å²) in [4.78, 5) is 12.8. The number of carbonyl (C=O) groups is 1. The Morgan fingerprint density at radius 2 is 1.86 bits per heavy atom. The number of rotatable bonds is 6. The second-order valence-electron chi connectivity index (χ2n) is 9.67. The summed E-state index contributed by atoms with van der Waals surface area (Å²) in [5.74, 6) is 1.64. The average Bonchev–Trinajstić information content (AvgIpc) is 2.99. The van der Waals surface area contributed by atoms with E-state index in [2.05, 4.69) is 18.6 Å². The maximum absolute atomic E-state index is 13.3. The number of Topliss-reactive ketones (excluding diaryl/α,β-unsaturated/α-hetero) is 1. The van der Waals surface area contributed by atoms with Crippen molar-refractivity contribution < 1.29 is 22.7 Å². The minimum Gasteiger partial charge on any atom is -0.486 e. The van der Waals surface area contributed by atoms with Crippen molar-refractivity contribution in [1.29, 1.82) is 0 Å². The first-order valence-corrected chi connectivity index (χ1v) is 12.1. The summed E-state index contributed by atoms with van der Waals surface area (Å²) >= 11 is 0. The minimum absolute atomic E-state index is 0.0356. The van der Waals surface area contributed by atoms with E-state index >= 15 is 0 Å². The lowest BCUT2D eigenvalue weighted by atomic mass is 9.70. The molecule has 1 aliphatic heterocycles. The Morgan fingerprint density at radius 1 is 1.17 bits per heavy atom. The van der Waals surface area contributed by atoms with Gasteiger partial charge in [0.05, 0.1) is 5.75 Å². The van der Waals surface area contributed by atoms with Crippen LogP contribution in [0.15, 0.2) is 18.2 Å². The third-order valence-electron chi connectivity index (χ3n) is 7.47. The topological polar surface area (TPSA) is 81.7 Å². The molecule has 160 valence electrons. The standard InChI is InChI=1S/C22H31NO5S/c1-14(2)20(15-5-6-17-18(11-15)28-10-9-27-17)23-29(25,26)13-22-8-7-16(12-19(22)24)21(22,3)4/h5-6,11,14,16,20,23H,7-10,12-13H2,1-4H3/t16-,20+,22-/m0/s1. The highest BCUT2D eigenvalue weighted by atomic mass is 32.2. The van der Waals surface area contributed by atoms with Gasteiger partial charge in [-0.2, -0.15) is 0 Å². The second-order valence-corrected chi connectivity index (χ2v) is 11.4. The lowest BCUT2D eigenvalue weighted by molar-refractivity contribution is -0.128. The quantitative estimate of drug-likeness (QED) is 0.761. The summed E-state index contributed by atoms with van der Waals surface area (Å²) in [5, 5.41) is 0. The summed E-state index contributed by atoms with van der Waals surface area (Å²) < 4.78 is 40.7. The van der Waals surface area contributed by atoms with Gasteiger partial charge in [-0.1, -0.05) is 33.8 Å². The third-order valence-corrected chi connectivity index (χ3v) is 8.96. The van der Waals surface area contributed by atoms with Gasteiger partial charge in [0.2, 0.25) is 10.0 Å². The monoisotopic (exact) mass is 421 g/mol. The molecule has 1 aromatic carbocycles. The minimum atomic E-state index is -3.67. The van der Waals surface area contributed by atoms with Gasteiger partial charge in [0, 0.05) is 17.9 Å². The number of hydrogen-bond donors (Lipinski definition) is 1. The Morgan fingerprint density at radius 3 is 2.45 bits per heavy atom. The van der Waals surface area contributed by atoms with Crippen LogP contribution in [0, 0.1) is 22.7 Å². The van der Waals surface area contributed by atoms with E-state index in [-0.39, 0.29) is 22.9 Å². The molecule has 0 unspecified atom stereocenters. The molecule has 1 heterocycles. The van der Waals surface area contributed by atoms with Crippen molar-refractivity contribution in [2.24, 2.45) is 22.7 Å². The fourth-order valence-electron chi connectivity index (χ4n) is 5.51. The van der Waals surface area contributed by atoms with Gasteiger partial charge in [-0.15, -0.1) is 0 Å². The van der Waals surface area contributed by atoms with Crippen molar-refractivity contribution in [1.82, 2.24) is 4.72 Å². The van der Waals surface area contributed by atoms with Gasteiger partial charge in [-0.05, 0) is 47.8 Å². The van der Waals surface area contributed by atoms with Gasteiger partial charge in [0.1, 0.15) is 19.0 Å². The molecule has 4 rings (SSSR count). The van der Waals surface area contributed by atoms with Gasteiger partial charge in [-0.3, -0.25) is 4.79 Å². The maximum Gasteiger partial charge on any atom is 0.213 e. The lowest BCUT2D eigenvalue weighted by Gasteiger charge is -2.37. The molecule has 3 atom stereocenters. The second kappa shape index (κ2) is 6.98. The van der Waals surface area contributed by atoms with Gasteiger partial charge in [0.15, 0.2) is 11.5 Å². The summed E-state index contributed by atoms with van der Waals surface area (Å²) in [7, 11) is -3.67. The largest absolute Gasteiger partial charge is 0.486 e. The van der Waals surface area contributed by atoms with Crippen LogP contribution in [0.3, 0.4) is 0 Å². The Hall–Kier alpha value is -1.60. The lowest BCUT2D eigenvalue weighted by Crippen LogP contribution is -2.46. The smallest absolute Gasteiger partial charge is 0.213 e. The summed E-state index contributed by atoms with van der Waals surface area (Å²) in [6, 6.07) is 5.17. The highest BCUT2D eigenvalue weighted by Crippen LogP contribution is 2.64. The molecule has 0 amide bonds. The Kier molecular flexibility index (Phi) is 4.97. The number of ether oxygens (including phenoxy) is 2. The number of hydrogen-bond acceptors (Lipinski definition) is 5. The molecular weight excluding hydrogens is 390 g/mol. The number of carbonyl (C=O) groups excluding carboxylic acids is 1. The maximum atomic E-state index is 13.3. The molecule has 2 saturated carbocycles. The Bertz CT molecular complexity index is 923. The summed E-state index contributed by atoms with van der Waals surface area (Å²) in [6.45, 7) is 9.09. The van der Waals surface area contributed by atoms with Gasteiger partial charge in [-0.25, -0.2) is 13.1 Å². The van der Waals surface area contributed by atoms with Crippen LogP contribution >= 0.6 is 0 Å².